The van der Waals surface area contributed by atoms with Gasteiger partial charge in [-0.1, -0.05) is 12.5 Å². The minimum absolute atomic E-state index is 0.522. The smallest absolute Gasteiger partial charge is 0.0991 e. The lowest BCUT2D eigenvalue weighted by molar-refractivity contribution is 0.144. The number of benzene rings is 1. The molecule has 0 radical (unpaired) electrons. The first kappa shape index (κ1) is 13.1. The van der Waals surface area contributed by atoms with Gasteiger partial charge in [0.1, 0.15) is 0 Å². The van der Waals surface area contributed by atoms with Gasteiger partial charge in [0.15, 0.2) is 0 Å². The first-order valence-corrected chi connectivity index (χ1v) is 6.68. The number of hydrogen-bond donors (Lipinski definition) is 1. The summed E-state index contributed by atoms with van der Waals surface area (Å²) in [7, 11) is 0. The molecule has 0 aromatic heterocycles. The average molecular weight is 243 g/mol. The molecular weight excluding hydrogens is 222 g/mol. The molecule has 0 amide bonds. The second-order valence-electron chi connectivity index (χ2n) is 5.11. The maximum atomic E-state index is 8.88. The Morgan fingerprint density at radius 2 is 2.28 bits per heavy atom. The van der Waals surface area contributed by atoms with Gasteiger partial charge in [-0.15, -0.1) is 0 Å². The van der Waals surface area contributed by atoms with Crippen LogP contribution < -0.4 is 5.73 Å². The molecule has 2 N–H and O–H groups in total. The number of nitriles is 1. The third-order valence-corrected chi connectivity index (χ3v) is 3.87. The van der Waals surface area contributed by atoms with Crippen LogP contribution in [-0.2, 0) is 6.54 Å². The summed E-state index contributed by atoms with van der Waals surface area (Å²) in [6, 6.07) is 8.66. The zero-order valence-electron chi connectivity index (χ0n) is 11.0. The molecule has 1 aliphatic rings. The molecule has 1 saturated heterocycles. The number of hydrogen-bond acceptors (Lipinski definition) is 3. The van der Waals surface area contributed by atoms with Gasteiger partial charge in [-0.2, -0.15) is 5.26 Å². The lowest BCUT2D eigenvalue weighted by atomic mass is 9.99. The maximum Gasteiger partial charge on any atom is 0.0991 e. The monoisotopic (exact) mass is 243 g/mol. The van der Waals surface area contributed by atoms with Crippen LogP contribution in [0.3, 0.4) is 0 Å². The van der Waals surface area contributed by atoms with Crippen LogP contribution in [0.4, 0.5) is 0 Å². The summed E-state index contributed by atoms with van der Waals surface area (Å²) in [6.07, 6.45) is 3.78. The van der Waals surface area contributed by atoms with Gasteiger partial charge >= 0.3 is 0 Å². The van der Waals surface area contributed by atoms with E-state index in [-0.39, 0.29) is 0 Å². The second-order valence-corrected chi connectivity index (χ2v) is 5.11. The van der Waals surface area contributed by atoms with Crippen LogP contribution in [0, 0.1) is 18.3 Å². The fourth-order valence-electron chi connectivity index (χ4n) is 2.70. The Balaban J connectivity index is 2.10. The van der Waals surface area contributed by atoms with Crippen LogP contribution in [0.1, 0.15) is 36.0 Å². The molecule has 1 aromatic rings. The molecule has 1 aromatic carbocycles. The molecule has 3 nitrogen and oxygen atoms in total. The Morgan fingerprint density at radius 3 is 2.94 bits per heavy atom. The van der Waals surface area contributed by atoms with Crippen LogP contribution >= 0.6 is 0 Å². The number of nitrogens with two attached hydrogens (primary N) is 1. The van der Waals surface area contributed by atoms with Crippen molar-refractivity contribution in [2.45, 2.75) is 38.8 Å². The summed E-state index contributed by atoms with van der Waals surface area (Å²) in [4.78, 5) is 2.48. The maximum absolute atomic E-state index is 8.88. The van der Waals surface area contributed by atoms with E-state index in [2.05, 4.69) is 24.0 Å². The van der Waals surface area contributed by atoms with E-state index in [1.807, 2.05) is 12.1 Å². The molecule has 1 atom stereocenters. The van der Waals surface area contributed by atoms with Crippen molar-refractivity contribution in [2.75, 3.05) is 13.1 Å². The molecule has 1 aliphatic heterocycles. The number of likely N-dealkylation sites (tertiary alicyclic amines) is 1. The molecule has 3 heteroatoms. The van der Waals surface area contributed by atoms with Crippen LogP contribution in [-0.4, -0.2) is 24.0 Å². The average Bonchev–Trinajstić information content (AvgIpc) is 2.41. The van der Waals surface area contributed by atoms with Crippen molar-refractivity contribution in [3.8, 4) is 6.07 Å². The normalized spacial score (nSPS) is 20.6. The number of rotatable bonds is 3. The van der Waals surface area contributed by atoms with Crippen LogP contribution in [0.5, 0.6) is 0 Å². The fourth-order valence-corrected chi connectivity index (χ4v) is 2.70. The molecular formula is C15H21N3. The predicted octanol–water partition coefficient (Wildman–Crippen LogP) is 2.18. The topological polar surface area (TPSA) is 53.0 Å². The summed E-state index contributed by atoms with van der Waals surface area (Å²) >= 11 is 0. The van der Waals surface area contributed by atoms with Gasteiger partial charge in [0, 0.05) is 19.1 Å². The Labute approximate surface area is 109 Å². The molecule has 0 aliphatic carbocycles. The number of aryl methyl sites for hydroxylation is 1. The zero-order chi connectivity index (χ0) is 13.0. The molecule has 2 rings (SSSR count). The first-order valence-electron chi connectivity index (χ1n) is 6.68. The molecule has 96 valence electrons. The second kappa shape index (κ2) is 5.99. The van der Waals surface area contributed by atoms with Gasteiger partial charge in [-0.05, 0) is 49.6 Å². The third kappa shape index (κ3) is 2.90. The lowest BCUT2D eigenvalue weighted by Gasteiger charge is -2.35. The molecule has 18 heavy (non-hydrogen) atoms. The van der Waals surface area contributed by atoms with E-state index >= 15 is 0 Å². The number of nitrogens with zero attached hydrogens (tertiary/aromatic N) is 2. The summed E-state index contributed by atoms with van der Waals surface area (Å²) in [5.41, 5.74) is 9.11. The van der Waals surface area contributed by atoms with Crippen molar-refractivity contribution in [1.29, 1.82) is 5.26 Å². The summed E-state index contributed by atoms with van der Waals surface area (Å²) < 4.78 is 0. The Bertz CT molecular complexity index is 448. The summed E-state index contributed by atoms with van der Waals surface area (Å²) in [5, 5.41) is 8.88. The number of piperidine rings is 1. The SMILES string of the molecule is Cc1cc(C#N)ccc1CN1CCCCC1CN. The largest absolute Gasteiger partial charge is 0.329 e. The minimum atomic E-state index is 0.522. The molecule has 0 bridgehead atoms. The Hall–Kier alpha value is -1.37. The third-order valence-electron chi connectivity index (χ3n) is 3.87. The zero-order valence-corrected chi connectivity index (χ0v) is 11.0. The highest BCUT2D eigenvalue weighted by atomic mass is 15.2. The highest BCUT2D eigenvalue weighted by Gasteiger charge is 2.21. The Kier molecular flexibility index (Phi) is 4.35. The highest BCUT2D eigenvalue weighted by Crippen LogP contribution is 2.20. The van der Waals surface area contributed by atoms with Crippen molar-refractivity contribution >= 4 is 0 Å². The molecule has 1 unspecified atom stereocenters. The van der Waals surface area contributed by atoms with E-state index in [1.165, 1.54) is 30.4 Å². The van der Waals surface area contributed by atoms with E-state index in [0.717, 1.165) is 25.2 Å². The van der Waals surface area contributed by atoms with Crippen molar-refractivity contribution in [3.05, 3.63) is 34.9 Å². The van der Waals surface area contributed by atoms with Gasteiger partial charge in [0.25, 0.3) is 0 Å². The lowest BCUT2D eigenvalue weighted by Crippen LogP contribution is -2.43. The van der Waals surface area contributed by atoms with Crippen LogP contribution in [0.25, 0.3) is 0 Å². The van der Waals surface area contributed by atoms with Gasteiger partial charge in [-0.3, -0.25) is 4.90 Å². The van der Waals surface area contributed by atoms with Crippen LogP contribution in [0.2, 0.25) is 0 Å². The fraction of sp³-hybridized carbons (Fsp3) is 0.533. The van der Waals surface area contributed by atoms with E-state index in [9.17, 15) is 0 Å². The molecule has 1 fully saturated rings. The van der Waals surface area contributed by atoms with Crippen molar-refractivity contribution in [3.63, 3.8) is 0 Å². The van der Waals surface area contributed by atoms with Crippen molar-refractivity contribution in [2.24, 2.45) is 5.73 Å². The Morgan fingerprint density at radius 1 is 1.44 bits per heavy atom. The quantitative estimate of drug-likeness (QED) is 0.885. The van der Waals surface area contributed by atoms with E-state index in [1.54, 1.807) is 0 Å². The summed E-state index contributed by atoms with van der Waals surface area (Å²) in [6.45, 7) is 4.92. The van der Waals surface area contributed by atoms with Gasteiger partial charge in [0.2, 0.25) is 0 Å². The van der Waals surface area contributed by atoms with Gasteiger partial charge < -0.3 is 5.73 Å². The first-order chi connectivity index (χ1) is 8.74. The van der Waals surface area contributed by atoms with E-state index < -0.39 is 0 Å². The molecule has 0 saturated carbocycles. The highest BCUT2D eigenvalue weighted by molar-refractivity contribution is 5.37. The van der Waals surface area contributed by atoms with Crippen molar-refractivity contribution < 1.29 is 0 Å². The summed E-state index contributed by atoms with van der Waals surface area (Å²) in [5.74, 6) is 0. The predicted molar refractivity (Wildman–Crippen MR) is 73.0 cm³/mol. The van der Waals surface area contributed by atoms with Crippen LogP contribution in [0.15, 0.2) is 18.2 Å². The van der Waals surface area contributed by atoms with Gasteiger partial charge in [0.05, 0.1) is 11.6 Å². The van der Waals surface area contributed by atoms with Crippen molar-refractivity contribution in [1.82, 2.24) is 4.90 Å². The standard InChI is InChI=1S/C15H21N3/c1-12-8-13(9-16)5-6-14(12)11-18-7-3-2-4-15(18)10-17/h5-6,8,15H,2-4,7,10-11,17H2,1H3. The van der Waals surface area contributed by atoms with E-state index in [4.69, 9.17) is 11.0 Å². The molecule has 1 heterocycles. The molecule has 0 spiro atoms. The van der Waals surface area contributed by atoms with Gasteiger partial charge in [-0.25, -0.2) is 0 Å². The minimum Gasteiger partial charge on any atom is -0.329 e. The van der Waals surface area contributed by atoms with E-state index in [0.29, 0.717) is 6.04 Å².